The summed E-state index contributed by atoms with van der Waals surface area (Å²) in [5.41, 5.74) is 3.86. The number of nitrogens with one attached hydrogen (secondary N) is 1. The minimum atomic E-state index is -0.0954. The summed E-state index contributed by atoms with van der Waals surface area (Å²) in [4.78, 5) is 33.6. The van der Waals surface area contributed by atoms with Crippen molar-refractivity contribution in [3.63, 3.8) is 0 Å². The van der Waals surface area contributed by atoms with Crippen molar-refractivity contribution >= 4 is 28.5 Å². The number of aromatic nitrogens is 2. The van der Waals surface area contributed by atoms with Crippen LogP contribution in [0.25, 0.3) is 22.0 Å². The highest BCUT2D eigenvalue weighted by Crippen LogP contribution is 2.28. The van der Waals surface area contributed by atoms with E-state index in [-0.39, 0.29) is 11.8 Å². The molecule has 2 amide bonds. The average molecular weight is 346 g/mol. The van der Waals surface area contributed by atoms with Gasteiger partial charge in [-0.3, -0.25) is 14.5 Å². The van der Waals surface area contributed by atoms with E-state index in [9.17, 15) is 9.59 Å². The van der Waals surface area contributed by atoms with Gasteiger partial charge in [0.1, 0.15) is 12.1 Å². The van der Waals surface area contributed by atoms with Crippen molar-refractivity contribution in [2.75, 3.05) is 12.4 Å². The van der Waals surface area contributed by atoms with Gasteiger partial charge in [-0.1, -0.05) is 24.3 Å². The minimum Gasteiger partial charge on any atom is -0.373 e. The third-order valence-corrected chi connectivity index (χ3v) is 4.63. The third kappa shape index (κ3) is 2.90. The van der Waals surface area contributed by atoms with Crippen LogP contribution in [0.2, 0.25) is 0 Å². The van der Waals surface area contributed by atoms with E-state index >= 15 is 0 Å². The van der Waals surface area contributed by atoms with E-state index in [2.05, 4.69) is 15.3 Å². The average Bonchev–Trinajstić information content (AvgIpc) is 2.99. The number of carbonyl (C=O) groups is 2. The van der Waals surface area contributed by atoms with Crippen molar-refractivity contribution in [3.05, 3.63) is 54.4 Å². The highest BCUT2D eigenvalue weighted by atomic mass is 16.2. The largest absolute Gasteiger partial charge is 0.373 e. The molecule has 0 spiro atoms. The van der Waals surface area contributed by atoms with Gasteiger partial charge in [0.25, 0.3) is 0 Å². The Bertz CT molecular complexity index is 1000. The summed E-state index contributed by atoms with van der Waals surface area (Å²) in [6, 6.07) is 13.9. The molecule has 1 aliphatic rings. The summed E-state index contributed by atoms with van der Waals surface area (Å²) >= 11 is 0. The number of carbonyl (C=O) groups excluding carboxylic acids is 2. The lowest BCUT2D eigenvalue weighted by molar-refractivity contribution is -0.139. The molecule has 0 bridgehead atoms. The Morgan fingerprint density at radius 1 is 1.00 bits per heavy atom. The molecule has 0 aliphatic carbocycles. The third-order valence-electron chi connectivity index (χ3n) is 4.63. The number of fused-ring (bicyclic) bond motifs is 1. The van der Waals surface area contributed by atoms with Gasteiger partial charge >= 0.3 is 0 Å². The molecule has 3 aromatic rings. The first-order chi connectivity index (χ1) is 12.7. The molecular formula is C20H18N4O2. The quantitative estimate of drug-likeness (QED) is 0.735. The highest BCUT2D eigenvalue weighted by molar-refractivity contribution is 6.01. The Balaban J connectivity index is 1.69. The van der Waals surface area contributed by atoms with Crippen LogP contribution >= 0.6 is 0 Å². The first-order valence-corrected chi connectivity index (χ1v) is 8.51. The predicted octanol–water partition coefficient (Wildman–Crippen LogP) is 2.99. The first-order valence-electron chi connectivity index (χ1n) is 8.51. The molecule has 4 rings (SSSR count). The number of hydrogen-bond donors (Lipinski definition) is 1. The summed E-state index contributed by atoms with van der Waals surface area (Å²) in [6.07, 6.45) is 2.17. The molecule has 1 aromatic heterocycles. The lowest BCUT2D eigenvalue weighted by atomic mass is 10.0. The maximum absolute atomic E-state index is 11.8. The Hall–Kier alpha value is -3.28. The summed E-state index contributed by atoms with van der Waals surface area (Å²) in [6.45, 7) is 0.323. The Morgan fingerprint density at radius 3 is 2.54 bits per heavy atom. The molecule has 2 heterocycles. The summed E-state index contributed by atoms with van der Waals surface area (Å²) in [5, 5.41) is 4.03. The highest BCUT2D eigenvalue weighted by Gasteiger charge is 2.28. The van der Waals surface area contributed by atoms with Gasteiger partial charge in [0.15, 0.2) is 0 Å². The van der Waals surface area contributed by atoms with Crippen LogP contribution in [-0.2, 0) is 16.1 Å². The SMILES string of the molecule is CNc1ncnc2ccc(-c3cccc(CN4C(=O)CCC4=O)c3)cc12. The second kappa shape index (κ2) is 6.55. The molecule has 0 radical (unpaired) electrons. The Labute approximate surface area is 150 Å². The van der Waals surface area contributed by atoms with E-state index in [0.717, 1.165) is 33.4 Å². The van der Waals surface area contributed by atoms with Gasteiger partial charge in [-0.25, -0.2) is 9.97 Å². The summed E-state index contributed by atoms with van der Waals surface area (Å²) in [5.74, 6) is 0.588. The van der Waals surface area contributed by atoms with Crippen LogP contribution < -0.4 is 5.32 Å². The van der Waals surface area contributed by atoms with Gasteiger partial charge in [-0.05, 0) is 34.9 Å². The van der Waals surface area contributed by atoms with Crippen molar-refractivity contribution in [1.82, 2.24) is 14.9 Å². The van der Waals surface area contributed by atoms with Crippen molar-refractivity contribution < 1.29 is 9.59 Å². The molecule has 1 N–H and O–H groups in total. The Morgan fingerprint density at radius 2 is 1.77 bits per heavy atom. The normalized spacial score (nSPS) is 14.3. The molecule has 6 nitrogen and oxygen atoms in total. The molecular weight excluding hydrogens is 328 g/mol. The monoisotopic (exact) mass is 346 g/mol. The number of imide groups is 1. The zero-order chi connectivity index (χ0) is 18.1. The molecule has 6 heteroatoms. The summed E-state index contributed by atoms with van der Waals surface area (Å²) in [7, 11) is 1.83. The van der Waals surface area contributed by atoms with Crippen LogP contribution in [0.3, 0.4) is 0 Å². The molecule has 2 aromatic carbocycles. The fraction of sp³-hybridized carbons (Fsp3) is 0.200. The maximum Gasteiger partial charge on any atom is 0.229 e. The van der Waals surface area contributed by atoms with Gasteiger partial charge in [-0.2, -0.15) is 0 Å². The number of hydrogen-bond acceptors (Lipinski definition) is 5. The number of anilines is 1. The molecule has 0 atom stereocenters. The second-order valence-electron chi connectivity index (χ2n) is 6.28. The molecule has 1 aliphatic heterocycles. The summed E-state index contributed by atoms with van der Waals surface area (Å²) < 4.78 is 0. The zero-order valence-electron chi connectivity index (χ0n) is 14.4. The smallest absolute Gasteiger partial charge is 0.229 e. The van der Waals surface area contributed by atoms with Crippen LogP contribution in [0, 0.1) is 0 Å². The van der Waals surface area contributed by atoms with E-state index in [0.29, 0.717) is 19.4 Å². The van der Waals surface area contributed by atoms with E-state index in [1.807, 2.05) is 49.5 Å². The fourth-order valence-corrected chi connectivity index (χ4v) is 3.27. The molecule has 130 valence electrons. The van der Waals surface area contributed by atoms with Gasteiger partial charge in [0, 0.05) is 25.3 Å². The standard InChI is InChI=1S/C20H18N4O2/c1-21-20-16-10-15(5-6-17(16)22-12-23-20)14-4-2-3-13(9-14)11-24-18(25)7-8-19(24)26/h2-6,9-10,12H,7-8,11H2,1H3,(H,21,22,23). The van der Waals surface area contributed by atoms with Gasteiger partial charge < -0.3 is 5.32 Å². The zero-order valence-corrected chi connectivity index (χ0v) is 14.4. The maximum atomic E-state index is 11.8. The predicted molar refractivity (Wildman–Crippen MR) is 99.3 cm³/mol. The number of rotatable bonds is 4. The molecule has 1 saturated heterocycles. The van der Waals surface area contributed by atoms with E-state index in [4.69, 9.17) is 0 Å². The number of amides is 2. The van der Waals surface area contributed by atoms with Crippen LogP contribution in [0.5, 0.6) is 0 Å². The van der Waals surface area contributed by atoms with Crippen LogP contribution in [0.15, 0.2) is 48.8 Å². The molecule has 1 fully saturated rings. The first kappa shape index (κ1) is 16.2. The minimum absolute atomic E-state index is 0.0954. The fourth-order valence-electron chi connectivity index (χ4n) is 3.27. The van der Waals surface area contributed by atoms with Crippen LogP contribution in [-0.4, -0.2) is 33.7 Å². The van der Waals surface area contributed by atoms with Crippen molar-refractivity contribution in [1.29, 1.82) is 0 Å². The lowest BCUT2D eigenvalue weighted by Crippen LogP contribution is -2.28. The number of benzene rings is 2. The molecule has 0 saturated carbocycles. The van der Waals surface area contributed by atoms with Gasteiger partial charge in [0.05, 0.1) is 12.1 Å². The topological polar surface area (TPSA) is 75.2 Å². The van der Waals surface area contributed by atoms with Gasteiger partial charge in [-0.15, -0.1) is 0 Å². The van der Waals surface area contributed by atoms with Gasteiger partial charge in [0.2, 0.25) is 11.8 Å². The number of likely N-dealkylation sites (tertiary alicyclic amines) is 1. The van der Waals surface area contributed by atoms with Crippen molar-refractivity contribution in [3.8, 4) is 11.1 Å². The lowest BCUT2D eigenvalue weighted by Gasteiger charge is -2.14. The van der Waals surface area contributed by atoms with Crippen molar-refractivity contribution in [2.45, 2.75) is 19.4 Å². The Kier molecular flexibility index (Phi) is 4.08. The van der Waals surface area contributed by atoms with E-state index in [1.54, 1.807) is 6.33 Å². The second-order valence-corrected chi connectivity index (χ2v) is 6.28. The molecule has 26 heavy (non-hydrogen) atoms. The number of nitrogens with zero attached hydrogens (tertiary/aromatic N) is 3. The van der Waals surface area contributed by atoms with Crippen LogP contribution in [0.1, 0.15) is 18.4 Å². The van der Waals surface area contributed by atoms with E-state index in [1.165, 1.54) is 4.90 Å². The van der Waals surface area contributed by atoms with Crippen LogP contribution in [0.4, 0.5) is 5.82 Å². The van der Waals surface area contributed by atoms with Crippen molar-refractivity contribution in [2.24, 2.45) is 0 Å². The van der Waals surface area contributed by atoms with E-state index < -0.39 is 0 Å². The molecule has 0 unspecified atom stereocenters.